The van der Waals surface area contributed by atoms with Crippen LogP contribution < -0.4 is 0 Å². The van der Waals surface area contributed by atoms with Gasteiger partial charge in [0, 0.05) is 18.6 Å². The summed E-state index contributed by atoms with van der Waals surface area (Å²) in [6.45, 7) is 4.19. The summed E-state index contributed by atoms with van der Waals surface area (Å²) in [6, 6.07) is 7.12. The third-order valence-electron chi connectivity index (χ3n) is 8.48. The number of amides is 1. The summed E-state index contributed by atoms with van der Waals surface area (Å²) in [5.74, 6) is -4.16. The number of carbonyl (C=O) groups is 1. The number of carbonyl (C=O) groups excluding carboxylic acids is 1. The minimum atomic E-state index is -5.23. The van der Waals surface area contributed by atoms with Gasteiger partial charge < -0.3 is 0 Å². The Balaban J connectivity index is 1.36. The van der Waals surface area contributed by atoms with Gasteiger partial charge in [-0.2, -0.15) is 27.7 Å². The molecule has 43 heavy (non-hydrogen) atoms. The van der Waals surface area contributed by atoms with Crippen LogP contribution in [0.4, 0.5) is 22.0 Å². The van der Waals surface area contributed by atoms with Crippen LogP contribution in [0.25, 0.3) is 22.6 Å². The van der Waals surface area contributed by atoms with Crippen molar-refractivity contribution in [1.82, 2.24) is 29.9 Å². The second-order valence-corrected chi connectivity index (χ2v) is 13.7. The molecule has 3 atom stereocenters. The van der Waals surface area contributed by atoms with Gasteiger partial charge in [0.25, 0.3) is 0 Å². The van der Waals surface area contributed by atoms with Crippen LogP contribution in [0.15, 0.2) is 53.3 Å². The molecule has 2 aliphatic rings. The van der Waals surface area contributed by atoms with Crippen molar-refractivity contribution in [3.63, 3.8) is 0 Å². The van der Waals surface area contributed by atoms with Crippen molar-refractivity contribution in [1.29, 1.82) is 0 Å². The third-order valence-corrected chi connectivity index (χ3v) is 9.77. The van der Waals surface area contributed by atoms with E-state index in [4.69, 9.17) is 4.98 Å². The van der Waals surface area contributed by atoms with Gasteiger partial charge in [-0.3, -0.25) is 9.48 Å². The molecule has 0 saturated heterocycles. The van der Waals surface area contributed by atoms with Gasteiger partial charge in [0.2, 0.25) is 0 Å². The number of hydrogen-bond acceptors (Lipinski definition) is 7. The smallest absolute Gasteiger partial charge is 0.261 e. The molecule has 9 nitrogen and oxygen atoms in total. The summed E-state index contributed by atoms with van der Waals surface area (Å²) in [7, 11) is -3.59. The molecule has 3 heterocycles. The zero-order chi connectivity index (χ0) is 30.9. The van der Waals surface area contributed by atoms with E-state index in [2.05, 4.69) is 38.5 Å². The first-order valence-corrected chi connectivity index (χ1v) is 15.2. The fourth-order valence-corrected chi connectivity index (χ4v) is 7.69. The van der Waals surface area contributed by atoms with Gasteiger partial charge >= 0.3 is 12.1 Å². The van der Waals surface area contributed by atoms with Crippen LogP contribution in [0.3, 0.4) is 0 Å². The topological polar surface area (TPSA) is 116 Å². The number of halogens is 5. The van der Waals surface area contributed by atoms with E-state index in [0.717, 1.165) is 22.9 Å². The Morgan fingerprint density at radius 1 is 1.16 bits per heavy atom. The Bertz CT molecular complexity index is 1900. The van der Waals surface area contributed by atoms with Crippen molar-refractivity contribution in [2.24, 2.45) is 9.78 Å². The fourth-order valence-electron chi connectivity index (χ4n) is 6.54. The van der Waals surface area contributed by atoms with E-state index in [1.54, 1.807) is 18.3 Å². The molecule has 15 heteroatoms. The number of hydrogen-bond donors (Lipinski definition) is 0. The monoisotopic (exact) mass is 617 g/mol. The largest absolute Gasteiger partial charge is 0.474 e. The molecule has 224 valence electrons. The third kappa shape index (κ3) is 4.60. The molecule has 6 rings (SSSR count). The van der Waals surface area contributed by atoms with Crippen LogP contribution in [-0.4, -0.2) is 52.5 Å². The lowest BCUT2D eigenvalue weighted by Crippen LogP contribution is -2.38. The number of benzene rings is 1. The molecule has 0 radical (unpaired) electrons. The maximum absolute atomic E-state index is 14.6. The molecule has 0 aliphatic heterocycles. The van der Waals surface area contributed by atoms with Crippen LogP contribution >= 0.6 is 0 Å². The van der Waals surface area contributed by atoms with E-state index in [-0.39, 0.29) is 23.0 Å². The number of rotatable bonds is 5. The zero-order valence-corrected chi connectivity index (χ0v) is 23.9. The minimum absolute atomic E-state index is 0.0219. The molecule has 0 N–H and O–H groups in total. The number of fused-ring (bicyclic) bond motifs is 5. The second-order valence-electron chi connectivity index (χ2n) is 11.4. The van der Waals surface area contributed by atoms with Crippen LogP contribution in [0.2, 0.25) is 0 Å². The summed E-state index contributed by atoms with van der Waals surface area (Å²) in [4.78, 5) is 20.4. The molecule has 0 spiro atoms. The Morgan fingerprint density at radius 2 is 1.88 bits per heavy atom. The molecule has 1 aromatic carbocycles. The van der Waals surface area contributed by atoms with E-state index in [9.17, 15) is 31.0 Å². The van der Waals surface area contributed by atoms with Crippen LogP contribution in [0.1, 0.15) is 49.6 Å². The van der Waals surface area contributed by atoms with E-state index >= 15 is 0 Å². The number of alkyl halides is 3. The Hall–Kier alpha value is -4.14. The molecule has 4 aromatic rings. The van der Waals surface area contributed by atoms with E-state index in [1.807, 2.05) is 0 Å². The van der Waals surface area contributed by atoms with Crippen LogP contribution in [-0.2, 0) is 25.8 Å². The van der Waals surface area contributed by atoms with Crippen LogP contribution in [0.5, 0.6) is 0 Å². The lowest BCUT2D eigenvalue weighted by atomic mass is 9.66. The highest BCUT2D eigenvalue weighted by molar-refractivity contribution is 7.92. The van der Waals surface area contributed by atoms with Crippen molar-refractivity contribution in [3.8, 4) is 22.6 Å². The molecular formula is C28H24F5N7O2S. The summed E-state index contributed by atoms with van der Waals surface area (Å²) in [5, 5.41) is 12.8. The summed E-state index contributed by atoms with van der Waals surface area (Å²) in [6.07, 6.45) is 1.55. The minimum Gasteiger partial charge on any atom is -0.261 e. The average molecular weight is 618 g/mol. The molecule has 1 fully saturated rings. The van der Waals surface area contributed by atoms with E-state index in [0.29, 0.717) is 23.4 Å². The van der Waals surface area contributed by atoms with Gasteiger partial charge in [0.1, 0.15) is 17.5 Å². The van der Waals surface area contributed by atoms with Gasteiger partial charge in [-0.25, -0.2) is 23.0 Å². The maximum Gasteiger partial charge on any atom is 0.474 e. The first-order chi connectivity index (χ1) is 20.1. The highest BCUT2D eigenvalue weighted by atomic mass is 32.2. The normalized spacial score (nSPS) is 21.8. The molecule has 2 bridgehead atoms. The molecule has 1 unspecified atom stereocenters. The van der Waals surface area contributed by atoms with Gasteiger partial charge in [-0.05, 0) is 54.0 Å². The lowest BCUT2D eigenvalue weighted by Gasteiger charge is -2.37. The van der Waals surface area contributed by atoms with E-state index < -0.39 is 50.2 Å². The number of aromatic nitrogens is 6. The van der Waals surface area contributed by atoms with Gasteiger partial charge in [0.15, 0.2) is 5.82 Å². The molecule has 1 saturated carbocycles. The molecule has 3 aromatic heterocycles. The first-order valence-electron chi connectivity index (χ1n) is 13.1. The SMILES string of the molecule is CC1(C)[C@H]2CC[C@]1(c1ccnc(-c3cnn(CS(C)(=O)=NC(=O)C(F)(F)F)c3)n1)c1nnc(-c3c(F)cccc3F)cc12. The predicted molar refractivity (Wildman–Crippen MR) is 145 cm³/mol. The quantitative estimate of drug-likeness (QED) is 0.275. The van der Waals surface area contributed by atoms with Crippen LogP contribution in [0, 0.1) is 17.0 Å². The molecule has 2 aliphatic carbocycles. The van der Waals surface area contributed by atoms with Gasteiger partial charge in [-0.15, -0.1) is 5.10 Å². The first kappa shape index (κ1) is 29.0. The van der Waals surface area contributed by atoms with Crippen molar-refractivity contribution >= 4 is 15.6 Å². The van der Waals surface area contributed by atoms with Crippen molar-refractivity contribution in [2.45, 2.75) is 50.1 Å². The fraction of sp³-hybridized carbons (Fsp3) is 0.357. The summed E-state index contributed by atoms with van der Waals surface area (Å²) < 4.78 is 83.5. The summed E-state index contributed by atoms with van der Waals surface area (Å²) in [5.41, 5.74) is 1.38. The lowest BCUT2D eigenvalue weighted by molar-refractivity contribution is -0.169. The second kappa shape index (κ2) is 9.69. The van der Waals surface area contributed by atoms with Crippen molar-refractivity contribution in [2.75, 3.05) is 6.26 Å². The zero-order valence-electron chi connectivity index (χ0n) is 23.1. The molecule has 1 amide bonds. The van der Waals surface area contributed by atoms with Gasteiger partial charge in [-0.1, -0.05) is 19.9 Å². The Kier molecular flexibility index (Phi) is 6.52. The number of nitrogens with zero attached hydrogens (tertiary/aromatic N) is 7. The van der Waals surface area contributed by atoms with Crippen molar-refractivity contribution < 1.29 is 31.0 Å². The highest BCUT2D eigenvalue weighted by Gasteiger charge is 2.65. The average Bonchev–Trinajstić information content (AvgIpc) is 3.54. The Morgan fingerprint density at radius 3 is 2.58 bits per heavy atom. The Labute approximate surface area is 242 Å². The maximum atomic E-state index is 14.6. The van der Waals surface area contributed by atoms with E-state index in [1.165, 1.54) is 30.6 Å². The molecular weight excluding hydrogens is 593 g/mol. The predicted octanol–water partition coefficient (Wildman–Crippen LogP) is 5.42. The van der Waals surface area contributed by atoms with Crippen molar-refractivity contribution in [3.05, 3.63) is 77.5 Å². The van der Waals surface area contributed by atoms with Gasteiger partial charge in [0.05, 0.1) is 49.5 Å². The highest BCUT2D eigenvalue weighted by Crippen LogP contribution is 2.69. The summed E-state index contributed by atoms with van der Waals surface area (Å²) >= 11 is 0. The standard InChI is InChI=1S/C28H24F5N7O2S/c1-26(2)17-7-9-27(26,23-16(17)11-20(37-38-23)22-18(29)5-4-6-19(22)30)21-8-10-34-24(36-21)15-12-35-40(13-15)14-43(3,42)39-25(41)28(31,32)33/h4-6,8,10-13,17H,7,9,14H2,1-3H3/t17-,27-,43?/m0/s1.